The fraction of sp³-hybridized carbons (Fsp3) is 0.321. The third-order valence-electron chi connectivity index (χ3n) is 7.04. The van der Waals surface area contributed by atoms with E-state index in [1.54, 1.807) is 36.1 Å². The zero-order chi connectivity index (χ0) is 24.6. The predicted octanol–water partition coefficient (Wildman–Crippen LogP) is 4.26. The normalized spacial score (nSPS) is 16.8. The van der Waals surface area contributed by atoms with Gasteiger partial charge in [-0.2, -0.15) is 4.98 Å². The van der Waals surface area contributed by atoms with Gasteiger partial charge in [-0.15, -0.1) is 0 Å². The van der Waals surface area contributed by atoms with Crippen LogP contribution in [0.2, 0.25) is 0 Å². The molecule has 0 amide bonds. The Balaban J connectivity index is 0.00000280. The molecule has 0 bridgehead atoms. The maximum absolute atomic E-state index is 14.9. The summed E-state index contributed by atoms with van der Waals surface area (Å²) in [6.07, 6.45) is 3.32. The molecule has 1 aliphatic heterocycles. The fourth-order valence-electron chi connectivity index (χ4n) is 5.33. The first-order valence-corrected chi connectivity index (χ1v) is 12.2. The quantitative estimate of drug-likeness (QED) is 0.422. The molecule has 1 unspecified atom stereocenters. The maximum atomic E-state index is 14.9. The summed E-state index contributed by atoms with van der Waals surface area (Å²) in [5, 5.41) is 7.15. The van der Waals surface area contributed by atoms with Crippen LogP contribution < -0.4 is 25.8 Å². The highest BCUT2D eigenvalue weighted by Crippen LogP contribution is 2.40. The highest BCUT2D eigenvalue weighted by Gasteiger charge is 2.29. The van der Waals surface area contributed by atoms with Crippen molar-refractivity contribution in [3.05, 3.63) is 82.0 Å². The smallest absolute Gasteiger partial charge is 0.252 e. The Morgan fingerprint density at radius 2 is 1.97 bits per heavy atom. The van der Waals surface area contributed by atoms with Gasteiger partial charge in [0.05, 0.1) is 18.8 Å². The van der Waals surface area contributed by atoms with Crippen LogP contribution in [0, 0.1) is 5.82 Å². The SMILES string of the molecule is C.COc1cccc2c1C(n1c(=O)ccc3cnc(Nc4ccc(N5CCNCC5)c(F)c4)nc31)CC2. The lowest BCUT2D eigenvalue weighted by Gasteiger charge is -2.29. The highest BCUT2D eigenvalue weighted by atomic mass is 19.1. The van der Waals surface area contributed by atoms with E-state index in [2.05, 4.69) is 21.7 Å². The Morgan fingerprint density at radius 3 is 2.76 bits per heavy atom. The van der Waals surface area contributed by atoms with E-state index in [0.717, 1.165) is 55.7 Å². The van der Waals surface area contributed by atoms with Crippen molar-refractivity contribution in [2.24, 2.45) is 0 Å². The second-order valence-corrected chi connectivity index (χ2v) is 9.13. The van der Waals surface area contributed by atoms with Crippen molar-refractivity contribution >= 4 is 28.4 Å². The summed E-state index contributed by atoms with van der Waals surface area (Å²) in [4.78, 5) is 24.3. The van der Waals surface area contributed by atoms with Gasteiger partial charge in [-0.3, -0.25) is 9.36 Å². The topological polar surface area (TPSA) is 84.3 Å². The molecule has 192 valence electrons. The lowest BCUT2D eigenvalue weighted by molar-refractivity contribution is 0.403. The molecule has 6 rings (SSSR count). The number of fused-ring (bicyclic) bond motifs is 2. The number of nitrogens with one attached hydrogen (secondary N) is 2. The largest absolute Gasteiger partial charge is 0.496 e. The average Bonchev–Trinajstić information content (AvgIpc) is 3.33. The molecule has 1 aliphatic carbocycles. The number of nitrogens with zero attached hydrogens (tertiary/aromatic N) is 4. The maximum Gasteiger partial charge on any atom is 0.252 e. The summed E-state index contributed by atoms with van der Waals surface area (Å²) >= 11 is 0. The standard InChI is InChI=1S/C27H27FN6O2.CH4/c1-36-23-4-2-3-17-5-8-22(25(17)23)34-24(35)10-6-18-16-30-27(32-26(18)34)31-19-7-9-21(20(28)15-19)33-13-11-29-12-14-33;/h2-4,6-7,9-10,15-16,22,29H,5,8,11-14H2,1H3,(H,30,31,32);1H4. The monoisotopic (exact) mass is 502 g/mol. The number of ether oxygens (including phenoxy) is 1. The Hall–Kier alpha value is -3.98. The Kier molecular flexibility index (Phi) is 6.80. The molecule has 1 saturated heterocycles. The number of hydrogen-bond acceptors (Lipinski definition) is 7. The van der Waals surface area contributed by atoms with Gasteiger partial charge >= 0.3 is 0 Å². The molecule has 9 heteroatoms. The van der Waals surface area contributed by atoms with E-state index in [-0.39, 0.29) is 24.8 Å². The number of aromatic nitrogens is 3. The molecule has 4 aromatic rings. The zero-order valence-electron chi connectivity index (χ0n) is 20.0. The first kappa shape index (κ1) is 24.7. The van der Waals surface area contributed by atoms with Crippen LogP contribution in [0.4, 0.5) is 21.7 Å². The summed E-state index contributed by atoms with van der Waals surface area (Å²) in [7, 11) is 1.65. The molecule has 37 heavy (non-hydrogen) atoms. The van der Waals surface area contributed by atoms with E-state index in [1.807, 2.05) is 23.1 Å². The lowest BCUT2D eigenvalue weighted by Crippen LogP contribution is -2.43. The Morgan fingerprint density at radius 1 is 1.14 bits per heavy atom. The van der Waals surface area contributed by atoms with Crippen molar-refractivity contribution in [1.29, 1.82) is 0 Å². The second kappa shape index (κ2) is 10.2. The zero-order valence-corrected chi connectivity index (χ0v) is 20.0. The number of piperazine rings is 1. The number of hydrogen-bond donors (Lipinski definition) is 2. The minimum atomic E-state index is -0.297. The number of pyridine rings is 1. The first-order valence-electron chi connectivity index (χ1n) is 12.2. The van der Waals surface area contributed by atoms with Gasteiger partial charge in [-0.1, -0.05) is 19.6 Å². The van der Waals surface area contributed by atoms with Crippen LogP contribution in [0.25, 0.3) is 11.0 Å². The molecular weight excluding hydrogens is 471 g/mol. The summed E-state index contributed by atoms with van der Waals surface area (Å²) in [6.45, 7) is 3.21. The molecule has 0 saturated carbocycles. The van der Waals surface area contributed by atoms with E-state index in [1.165, 1.54) is 11.6 Å². The molecule has 8 nitrogen and oxygen atoms in total. The number of methoxy groups -OCH3 is 1. The van der Waals surface area contributed by atoms with Crippen molar-refractivity contribution in [3.63, 3.8) is 0 Å². The van der Waals surface area contributed by atoms with E-state index in [4.69, 9.17) is 9.72 Å². The number of aryl methyl sites for hydroxylation is 1. The molecule has 0 spiro atoms. The molecular formula is C28H31FN6O2. The van der Waals surface area contributed by atoms with Gasteiger partial charge < -0.3 is 20.3 Å². The van der Waals surface area contributed by atoms with E-state index < -0.39 is 0 Å². The van der Waals surface area contributed by atoms with Crippen molar-refractivity contribution in [2.75, 3.05) is 43.5 Å². The van der Waals surface area contributed by atoms with Crippen LogP contribution in [0.5, 0.6) is 5.75 Å². The van der Waals surface area contributed by atoms with Gasteiger partial charge in [0.15, 0.2) is 0 Å². The van der Waals surface area contributed by atoms with Gasteiger partial charge in [-0.25, -0.2) is 9.37 Å². The molecule has 2 N–H and O–H groups in total. The average molecular weight is 503 g/mol. The van der Waals surface area contributed by atoms with Gasteiger partial charge in [0, 0.05) is 55.1 Å². The minimum Gasteiger partial charge on any atom is -0.496 e. The predicted molar refractivity (Wildman–Crippen MR) is 145 cm³/mol. The minimum absolute atomic E-state index is 0. The Bertz CT molecular complexity index is 1500. The van der Waals surface area contributed by atoms with Crippen LogP contribution in [-0.4, -0.2) is 47.8 Å². The lowest BCUT2D eigenvalue weighted by atomic mass is 10.1. The van der Waals surface area contributed by atoms with Gasteiger partial charge in [0.1, 0.15) is 17.2 Å². The molecule has 2 aromatic carbocycles. The molecule has 3 heterocycles. The van der Waals surface area contributed by atoms with Gasteiger partial charge in [0.25, 0.3) is 5.56 Å². The van der Waals surface area contributed by atoms with Crippen molar-refractivity contribution < 1.29 is 9.13 Å². The summed E-state index contributed by atoms with van der Waals surface area (Å²) in [5.74, 6) is 0.773. The van der Waals surface area contributed by atoms with Crippen molar-refractivity contribution in [3.8, 4) is 5.75 Å². The van der Waals surface area contributed by atoms with Crippen LogP contribution in [0.3, 0.4) is 0 Å². The molecule has 0 radical (unpaired) electrons. The summed E-state index contributed by atoms with van der Waals surface area (Å²) in [5.41, 5.74) is 3.72. The summed E-state index contributed by atoms with van der Waals surface area (Å²) in [6, 6.07) is 14.1. The fourth-order valence-corrected chi connectivity index (χ4v) is 5.33. The van der Waals surface area contributed by atoms with E-state index in [0.29, 0.717) is 23.0 Å². The Labute approximate surface area is 215 Å². The first-order chi connectivity index (χ1) is 17.6. The number of rotatable bonds is 5. The molecule has 1 fully saturated rings. The number of benzene rings is 2. The molecule has 1 atom stereocenters. The third kappa shape index (κ3) is 4.51. The van der Waals surface area contributed by atoms with E-state index >= 15 is 0 Å². The number of anilines is 3. The van der Waals surface area contributed by atoms with Gasteiger partial charge in [-0.05, 0) is 48.7 Å². The van der Waals surface area contributed by atoms with Gasteiger partial charge in [0.2, 0.25) is 5.95 Å². The highest BCUT2D eigenvalue weighted by molar-refractivity contribution is 5.76. The van der Waals surface area contributed by atoms with Crippen LogP contribution in [0.1, 0.15) is 31.0 Å². The number of halogens is 1. The van der Waals surface area contributed by atoms with Crippen LogP contribution in [-0.2, 0) is 6.42 Å². The van der Waals surface area contributed by atoms with Crippen molar-refractivity contribution in [2.45, 2.75) is 26.3 Å². The van der Waals surface area contributed by atoms with Crippen LogP contribution >= 0.6 is 0 Å². The van der Waals surface area contributed by atoms with E-state index in [9.17, 15) is 9.18 Å². The summed E-state index contributed by atoms with van der Waals surface area (Å²) < 4.78 is 22.3. The molecule has 2 aliphatic rings. The molecule has 2 aromatic heterocycles. The second-order valence-electron chi connectivity index (χ2n) is 9.13. The van der Waals surface area contributed by atoms with Crippen LogP contribution in [0.15, 0.2) is 59.5 Å². The third-order valence-corrected chi connectivity index (χ3v) is 7.04. The van der Waals surface area contributed by atoms with Crippen molar-refractivity contribution in [1.82, 2.24) is 19.9 Å².